The molecule has 0 spiro atoms. The third kappa shape index (κ3) is 4.43. The molecule has 0 aliphatic rings. The predicted octanol–water partition coefficient (Wildman–Crippen LogP) is 4.78. The lowest BCUT2D eigenvalue weighted by atomic mass is 10.1. The van der Waals surface area contributed by atoms with E-state index >= 15 is 0 Å². The van der Waals surface area contributed by atoms with E-state index in [1.165, 1.54) is 0 Å². The zero-order valence-electron chi connectivity index (χ0n) is 13.8. The molecule has 3 rings (SSSR count). The second-order valence-electron chi connectivity index (χ2n) is 5.60. The molecule has 2 aromatic carbocycles. The zero-order chi connectivity index (χ0) is 17.6. The average Bonchev–Trinajstić information content (AvgIpc) is 3.15. The summed E-state index contributed by atoms with van der Waals surface area (Å²) < 4.78 is 10.6. The van der Waals surface area contributed by atoms with Gasteiger partial charge in [0, 0.05) is 17.1 Å². The van der Waals surface area contributed by atoms with E-state index in [1.807, 2.05) is 36.4 Å². The number of halogens is 1. The van der Waals surface area contributed by atoms with Gasteiger partial charge in [0.1, 0.15) is 11.5 Å². The van der Waals surface area contributed by atoms with Crippen LogP contribution in [0.15, 0.2) is 71.3 Å². The Bertz CT molecular complexity index is 811. The number of carbonyl (C=O) groups is 1. The SMILES string of the molecule is COc1ccc(C(=O)N(Cc2ccc(Cl)cc2)Cc2ccco2)cc1. The Hall–Kier alpha value is -2.72. The number of amides is 1. The normalized spacial score (nSPS) is 10.5. The number of furan rings is 1. The summed E-state index contributed by atoms with van der Waals surface area (Å²) in [5.74, 6) is 1.37. The fourth-order valence-corrected chi connectivity index (χ4v) is 2.64. The van der Waals surface area contributed by atoms with Crippen LogP contribution in [0.5, 0.6) is 5.75 Å². The van der Waals surface area contributed by atoms with Gasteiger partial charge in [0.25, 0.3) is 5.91 Å². The molecule has 0 bridgehead atoms. The highest BCUT2D eigenvalue weighted by molar-refractivity contribution is 6.30. The molecule has 0 unspecified atom stereocenters. The van der Waals surface area contributed by atoms with Crippen LogP contribution in [-0.2, 0) is 13.1 Å². The van der Waals surface area contributed by atoms with E-state index < -0.39 is 0 Å². The molecule has 0 saturated heterocycles. The summed E-state index contributed by atoms with van der Waals surface area (Å²) in [5.41, 5.74) is 1.60. The van der Waals surface area contributed by atoms with E-state index in [1.54, 1.807) is 42.5 Å². The van der Waals surface area contributed by atoms with Gasteiger partial charge in [0.15, 0.2) is 0 Å². The molecule has 4 nitrogen and oxygen atoms in total. The molecule has 0 aliphatic heterocycles. The monoisotopic (exact) mass is 355 g/mol. The highest BCUT2D eigenvalue weighted by atomic mass is 35.5. The van der Waals surface area contributed by atoms with Crippen molar-refractivity contribution >= 4 is 17.5 Å². The topological polar surface area (TPSA) is 42.7 Å². The smallest absolute Gasteiger partial charge is 0.254 e. The van der Waals surface area contributed by atoms with Gasteiger partial charge in [-0.05, 0) is 54.1 Å². The predicted molar refractivity (Wildman–Crippen MR) is 96.7 cm³/mol. The van der Waals surface area contributed by atoms with Gasteiger partial charge in [-0.1, -0.05) is 23.7 Å². The molecule has 0 fully saturated rings. The molecular weight excluding hydrogens is 338 g/mol. The second kappa shape index (κ2) is 7.90. The van der Waals surface area contributed by atoms with Crippen LogP contribution in [0.1, 0.15) is 21.7 Å². The summed E-state index contributed by atoms with van der Waals surface area (Å²) in [6, 6.07) is 18.2. The first-order chi connectivity index (χ1) is 12.2. The molecule has 1 amide bonds. The lowest BCUT2D eigenvalue weighted by Gasteiger charge is -2.22. The van der Waals surface area contributed by atoms with Crippen LogP contribution in [-0.4, -0.2) is 17.9 Å². The van der Waals surface area contributed by atoms with Crippen molar-refractivity contribution in [2.45, 2.75) is 13.1 Å². The average molecular weight is 356 g/mol. The molecule has 0 saturated carbocycles. The van der Waals surface area contributed by atoms with Crippen molar-refractivity contribution in [2.75, 3.05) is 7.11 Å². The van der Waals surface area contributed by atoms with Gasteiger partial charge in [-0.2, -0.15) is 0 Å². The van der Waals surface area contributed by atoms with Crippen molar-refractivity contribution in [1.82, 2.24) is 4.90 Å². The number of methoxy groups -OCH3 is 1. The van der Waals surface area contributed by atoms with Gasteiger partial charge in [-0.15, -0.1) is 0 Å². The molecule has 0 radical (unpaired) electrons. The summed E-state index contributed by atoms with van der Waals surface area (Å²) in [5, 5.41) is 0.669. The Morgan fingerprint density at radius 1 is 1.04 bits per heavy atom. The lowest BCUT2D eigenvalue weighted by molar-refractivity contribution is 0.0717. The number of benzene rings is 2. The Morgan fingerprint density at radius 2 is 1.76 bits per heavy atom. The van der Waals surface area contributed by atoms with E-state index in [-0.39, 0.29) is 5.91 Å². The summed E-state index contributed by atoms with van der Waals surface area (Å²) in [4.78, 5) is 14.7. The summed E-state index contributed by atoms with van der Waals surface area (Å²) in [7, 11) is 1.60. The van der Waals surface area contributed by atoms with E-state index in [0.717, 1.165) is 11.3 Å². The maximum Gasteiger partial charge on any atom is 0.254 e. The van der Waals surface area contributed by atoms with E-state index in [2.05, 4.69) is 0 Å². The van der Waals surface area contributed by atoms with Gasteiger partial charge in [-0.25, -0.2) is 0 Å². The number of ether oxygens (including phenoxy) is 1. The largest absolute Gasteiger partial charge is 0.497 e. The van der Waals surface area contributed by atoms with Gasteiger partial charge >= 0.3 is 0 Å². The third-order valence-electron chi connectivity index (χ3n) is 3.84. The molecule has 128 valence electrons. The number of rotatable bonds is 6. The molecule has 0 aliphatic carbocycles. The fraction of sp³-hybridized carbons (Fsp3) is 0.150. The lowest BCUT2D eigenvalue weighted by Crippen LogP contribution is -2.30. The van der Waals surface area contributed by atoms with Crippen LogP contribution in [0.4, 0.5) is 0 Å². The Kier molecular flexibility index (Phi) is 5.41. The minimum Gasteiger partial charge on any atom is -0.497 e. The van der Waals surface area contributed by atoms with Gasteiger partial charge in [0.2, 0.25) is 0 Å². The molecule has 5 heteroatoms. The van der Waals surface area contributed by atoms with Crippen molar-refractivity contribution < 1.29 is 13.9 Å². The maximum atomic E-state index is 13.0. The van der Waals surface area contributed by atoms with Crippen molar-refractivity contribution in [3.05, 3.63) is 88.8 Å². The van der Waals surface area contributed by atoms with Gasteiger partial charge < -0.3 is 14.1 Å². The summed E-state index contributed by atoms with van der Waals surface area (Å²) >= 11 is 5.94. The first-order valence-corrected chi connectivity index (χ1v) is 8.23. The highest BCUT2D eigenvalue weighted by Crippen LogP contribution is 2.18. The molecule has 0 N–H and O–H groups in total. The molecule has 1 aromatic heterocycles. The molecule has 25 heavy (non-hydrogen) atoms. The number of hydrogen-bond donors (Lipinski definition) is 0. The molecule has 0 atom stereocenters. The van der Waals surface area contributed by atoms with Crippen molar-refractivity contribution in [1.29, 1.82) is 0 Å². The maximum absolute atomic E-state index is 13.0. The first kappa shape index (κ1) is 17.1. The van der Waals surface area contributed by atoms with Crippen LogP contribution < -0.4 is 4.74 Å². The van der Waals surface area contributed by atoms with Crippen LogP contribution >= 0.6 is 11.6 Å². The Balaban J connectivity index is 1.83. The molecule has 1 heterocycles. The number of nitrogens with zero attached hydrogens (tertiary/aromatic N) is 1. The quantitative estimate of drug-likeness (QED) is 0.638. The standard InChI is InChI=1S/C20H18ClNO3/c1-24-18-10-6-16(7-11-18)20(23)22(14-19-3-2-12-25-19)13-15-4-8-17(21)9-5-15/h2-12H,13-14H2,1H3. The summed E-state index contributed by atoms with van der Waals surface area (Å²) in [6.07, 6.45) is 1.60. The van der Waals surface area contributed by atoms with E-state index in [0.29, 0.717) is 29.4 Å². The van der Waals surface area contributed by atoms with Crippen LogP contribution in [0, 0.1) is 0 Å². The second-order valence-corrected chi connectivity index (χ2v) is 6.03. The molecular formula is C20H18ClNO3. The Morgan fingerprint density at radius 3 is 2.36 bits per heavy atom. The third-order valence-corrected chi connectivity index (χ3v) is 4.09. The first-order valence-electron chi connectivity index (χ1n) is 7.86. The minimum absolute atomic E-state index is 0.0750. The molecule has 3 aromatic rings. The number of hydrogen-bond acceptors (Lipinski definition) is 3. The Labute approximate surface area is 151 Å². The van der Waals surface area contributed by atoms with E-state index in [4.69, 9.17) is 20.8 Å². The highest BCUT2D eigenvalue weighted by Gasteiger charge is 2.18. The van der Waals surface area contributed by atoms with Gasteiger partial charge in [-0.3, -0.25) is 4.79 Å². The zero-order valence-corrected chi connectivity index (χ0v) is 14.6. The van der Waals surface area contributed by atoms with Crippen LogP contribution in [0.25, 0.3) is 0 Å². The van der Waals surface area contributed by atoms with Crippen LogP contribution in [0.2, 0.25) is 5.02 Å². The number of carbonyl (C=O) groups excluding carboxylic acids is 1. The van der Waals surface area contributed by atoms with Gasteiger partial charge in [0.05, 0.1) is 19.9 Å². The van der Waals surface area contributed by atoms with Crippen molar-refractivity contribution in [2.24, 2.45) is 0 Å². The van der Waals surface area contributed by atoms with Crippen molar-refractivity contribution in [3.63, 3.8) is 0 Å². The summed E-state index contributed by atoms with van der Waals surface area (Å²) in [6.45, 7) is 0.850. The van der Waals surface area contributed by atoms with E-state index in [9.17, 15) is 4.79 Å². The fourth-order valence-electron chi connectivity index (χ4n) is 2.52. The minimum atomic E-state index is -0.0750. The van der Waals surface area contributed by atoms with Crippen LogP contribution in [0.3, 0.4) is 0 Å². The van der Waals surface area contributed by atoms with Crippen molar-refractivity contribution in [3.8, 4) is 5.75 Å².